The van der Waals surface area contributed by atoms with E-state index in [1.165, 1.54) is 6.92 Å². The van der Waals surface area contributed by atoms with Crippen LogP contribution in [0, 0.1) is 10.1 Å². The van der Waals surface area contributed by atoms with Gasteiger partial charge in [0.05, 0.1) is 18.6 Å². The van der Waals surface area contributed by atoms with Crippen LogP contribution in [0.5, 0.6) is 5.75 Å². The minimum atomic E-state index is -3.02. The largest absolute Gasteiger partial charge is 0.501 e. The maximum Gasteiger partial charge on any atom is 0.406 e. The van der Waals surface area contributed by atoms with Gasteiger partial charge in [0.25, 0.3) is 6.43 Å². The van der Waals surface area contributed by atoms with Crippen molar-refractivity contribution >= 4 is 11.8 Å². The van der Waals surface area contributed by atoms with Crippen LogP contribution >= 0.6 is 0 Å². The summed E-state index contributed by atoms with van der Waals surface area (Å²) in [6, 6.07) is 0. The quantitative estimate of drug-likeness (QED) is 0.499. The molecule has 7 nitrogen and oxygen atoms in total. The summed E-state index contributed by atoms with van der Waals surface area (Å²) < 4.78 is 30.0. The summed E-state index contributed by atoms with van der Waals surface area (Å²) in [5.41, 5.74) is -1.29. The number of hydrogen-bond acceptors (Lipinski definition) is 6. The Labute approximate surface area is 106 Å². The monoisotopic (exact) mass is 276 g/mol. The predicted molar refractivity (Wildman–Crippen MR) is 57.9 cm³/mol. The van der Waals surface area contributed by atoms with Crippen LogP contribution in [0.2, 0.25) is 0 Å². The number of rotatable bonds is 5. The molecule has 0 saturated carbocycles. The Morgan fingerprint density at radius 1 is 1.63 bits per heavy atom. The summed E-state index contributed by atoms with van der Waals surface area (Å²) in [5.74, 6) is -2.90. The van der Waals surface area contributed by atoms with Gasteiger partial charge in [0.2, 0.25) is 5.75 Å². The first kappa shape index (κ1) is 14.7. The smallest absolute Gasteiger partial charge is 0.406 e. The minimum absolute atomic E-state index is 0.0246. The van der Waals surface area contributed by atoms with Crippen molar-refractivity contribution in [3.8, 4) is 5.75 Å². The van der Waals surface area contributed by atoms with E-state index in [9.17, 15) is 28.8 Å². The number of nitro groups is 1. The lowest BCUT2D eigenvalue weighted by Gasteiger charge is -2.09. The van der Waals surface area contributed by atoms with Gasteiger partial charge in [-0.05, 0) is 16.8 Å². The van der Waals surface area contributed by atoms with Gasteiger partial charge in [-0.1, -0.05) is 0 Å². The molecule has 1 heterocycles. The third-order valence-corrected chi connectivity index (χ3v) is 2.21. The van der Waals surface area contributed by atoms with E-state index in [1.807, 2.05) is 0 Å². The highest BCUT2D eigenvalue weighted by Gasteiger charge is 2.28. The fraction of sp³-hybridized carbons (Fsp3) is 0.400. The average Bonchev–Trinajstić information content (AvgIpc) is 2.31. The topological polar surface area (TPSA) is 103 Å². The summed E-state index contributed by atoms with van der Waals surface area (Å²) in [4.78, 5) is 23.9. The molecule has 0 saturated heterocycles. The summed E-state index contributed by atoms with van der Waals surface area (Å²) in [6.07, 6.45) is -3.15. The summed E-state index contributed by atoms with van der Waals surface area (Å²) >= 11 is 0. The summed E-state index contributed by atoms with van der Waals surface area (Å²) in [5, 5.41) is 20.1. The summed E-state index contributed by atoms with van der Waals surface area (Å²) in [7, 11) is 0. The lowest BCUT2D eigenvalue weighted by molar-refractivity contribution is -0.390. The minimum Gasteiger partial charge on any atom is -0.501 e. The van der Waals surface area contributed by atoms with Gasteiger partial charge in [-0.25, -0.2) is 8.78 Å². The fourth-order valence-electron chi connectivity index (χ4n) is 1.41. The second kappa shape index (κ2) is 6.03. The normalized spacial score (nSPS) is 10.5. The van der Waals surface area contributed by atoms with Gasteiger partial charge >= 0.3 is 11.8 Å². The molecule has 1 aromatic rings. The number of halogens is 2. The molecule has 1 aromatic heterocycles. The zero-order valence-electron chi connectivity index (χ0n) is 9.80. The molecule has 0 aliphatic rings. The molecule has 0 aliphatic carbocycles. The van der Waals surface area contributed by atoms with Crippen LogP contribution in [0.25, 0.3) is 0 Å². The number of carbonyl (C=O) groups excluding carboxylic acids is 1. The highest BCUT2D eigenvalue weighted by molar-refractivity contribution is 5.75. The van der Waals surface area contributed by atoms with Crippen molar-refractivity contribution in [3.63, 3.8) is 0 Å². The molecular weight excluding hydrogens is 266 g/mol. The Morgan fingerprint density at radius 2 is 2.26 bits per heavy atom. The standard InChI is InChI=1S/C10H10F2N2O5/c1-2-19-7(15)3-5-6(9(11)12)4-13-10(8(5)16)14(17)18/h4,9,16H,2-3H2,1H3. The van der Waals surface area contributed by atoms with E-state index in [0.717, 1.165) is 0 Å². The van der Waals surface area contributed by atoms with Gasteiger partial charge in [0.15, 0.2) is 0 Å². The van der Waals surface area contributed by atoms with Gasteiger partial charge in [0.1, 0.15) is 6.20 Å². The van der Waals surface area contributed by atoms with Gasteiger partial charge in [-0.15, -0.1) is 0 Å². The fourth-order valence-corrected chi connectivity index (χ4v) is 1.41. The highest BCUT2D eigenvalue weighted by atomic mass is 19.3. The van der Waals surface area contributed by atoms with Crippen LogP contribution in [0.3, 0.4) is 0 Å². The SMILES string of the molecule is CCOC(=O)Cc1c(C(F)F)cnc([N+](=O)[O-])c1O. The number of aromatic hydroxyl groups is 1. The highest BCUT2D eigenvalue weighted by Crippen LogP contribution is 2.34. The number of esters is 1. The number of carbonyl (C=O) groups is 1. The van der Waals surface area contributed by atoms with E-state index in [4.69, 9.17) is 0 Å². The first-order valence-corrected chi connectivity index (χ1v) is 5.17. The van der Waals surface area contributed by atoms with Crippen LogP contribution in [-0.2, 0) is 16.0 Å². The van der Waals surface area contributed by atoms with Crippen LogP contribution in [0.15, 0.2) is 6.20 Å². The molecule has 0 atom stereocenters. The first-order valence-electron chi connectivity index (χ1n) is 5.17. The first-order chi connectivity index (χ1) is 8.88. The number of alkyl halides is 2. The van der Waals surface area contributed by atoms with Crippen molar-refractivity contribution in [2.75, 3.05) is 6.61 Å². The molecule has 0 radical (unpaired) electrons. The molecule has 0 spiro atoms. The Balaban J connectivity index is 3.26. The predicted octanol–water partition coefficient (Wildman–Crippen LogP) is 1.74. The number of nitrogens with zero attached hydrogens (tertiary/aromatic N) is 2. The maximum atomic E-state index is 12.7. The Kier molecular flexibility index (Phi) is 4.67. The lowest BCUT2D eigenvalue weighted by atomic mass is 10.1. The number of ether oxygens (including phenoxy) is 1. The molecule has 0 fully saturated rings. The molecule has 0 bridgehead atoms. The third-order valence-electron chi connectivity index (χ3n) is 2.21. The van der Waals surface area contributed by atoms with Crippen molar-refractivity contribution < 1.29 is 28.3 Å². The van der Waals surface area contributed by atoms with E-state index in [1.54, 1.807) is 0 Å². The third kappa shape index (κ3) is 3.33. The van der Waals surface area contributed by atoms with Gasteiger partial charge in [0, 0.05) is 5.56 Å². The maximum absolute atomic E-state index is 12.7. The molecule has 104 valence electrons. The average molecular weight is 276 g/mol. The second-order valence-electron chi connectivity index (χ2n) is 3.40. The zero-order chi connectivity index (χ0) is 14.6. The molecular formula is C10H10F2N2O5. The molecule has 1 rings (SSSR count). The van der Waals surface area contributed by atoms with Crippen LogP contribution in [-0.4, -0.2) is 27.6 Å². The molecule has 1 N–H and O–H groups in total. The van der Waals surface area contributed by atoms with Crippen LogP contribution < -0.4 is 0 Å². The van der Waals surface area contributed by atoms with E-state index < -0.39 is 46.4 Å². The number of pyridine rings is 1. The Morgan fingerprint density at radius 3 is 2.74 bits per heavy atom. The zero-order valence-corrected chi connectivity index (χ0v) is 9.80. The molecule has 0 amide bonds. The van der Waals surface area contributed by atoms with Crippen LogP contribution in [0.4, 0.5) is 14.6 Å². The molecule has 0 aliphatic heterocycles. The van der Waals surface area contributed by atoms with Crippen molar-refractivity contribution in [2.24, 2.45) is 0 Å². The van der Waals surface area contributed by atoms with Crippen LogP contribution in [0.1, 0.15) is 24.5 Å². The van der Waals surface area contributed by atoms with Gasteiger partial charge in [-0.2, -0.15) is 0 Å². The number of aromatic nitrogens is 1. The number of hydrogen-bond donors (Lipinski definition) is 1. The van der Waals surface area contributed by atoms with E-state index in [0.29, 0.717) is 6.20 Å². The molecule has 0 aromatic carbocycles. The van der Waals surface area contributed by atoms with E-state index >= 15 is 0 Å². The Bertz CT molecular complexity index is 507. The Hall–Kier alpha value is -2.32. The lowest BCUT2D eigenvalue weighted by Crippen LogP contribution is -2.11. The molecule has 19 heavy (non-hydrogen) atoms. The second-order valence-corrected chi connectivity index (χ2v) is 3.40. The van der Waals surface area contributed by atoms with Gasteiger partial charge in [-0.3, -0.25) is 4.79 Å². The molecule has 0 unspecified atom stereocenters. The summed E-state index contributed by atoms with van der Waals surface area (Å²) in [6.45, 7) is 1.54. The van der Waals surface area contributed by atoms with Crippen molar-refractivity contribution in [2.45, 2.75) is 19.8 Å². The molecule has 9 heteroatoms. The van der Waals surface area contributed by atoms with E-state index in [2.05, 4.69) is 9.72 Å². The van der Waals surface area contributed by atoms with Crippen molar-refractivity contribution in [1.82, 2.24) is 4.98 Å². The van der Waals surface area contributed by atoms with Crippen molar-refractivity contribution in [3.05, 3.63) is 27.4 Å². The van der Waals surface area contributed by atoms with E-state index in [-0.39, 0.29) is 6.61 Å². The van der Waals surface area contributed by atoms with Crippen molar-refractivity contribution in [1.29, 1.82) is 0 Å². The van der Waals surface area contributed by atoms with Gasteiger partial charge < -0.3 is 20.0 Å².